The summed E-state index contributed by atoms with van der Waals surface area (Å²) >= 11 is 1.31. The van der Waals surface area contributed by atoms with Gasteiger partial charge in [0.2, 0.25) is 5.91 Å². The van der Waals surface area contributed by atoms with Crippen LogP contribution in [0, 0.1) is 5.41 Å². The molecule has 0 spiro atoms. The number of para-hydroxylation sites is 1. The number of hydrogen-bond donors (Lipinski definition) is 1. The first-order valence-corrected chi connectivity index (χ1v) is 5.54. The van der Waals surface area contributed by atoms with Gasteiger partial charge in [0, 0.05) is 12.0 Å². The first-order chi connectivity index (χ1) is 7.09. The van der Waals surface area contributed by atoms with Gasteiger partial charge >= 0.3 is 0 Å². The lowest BCUT2D eigenvalue weighted by molar-refractivity contribution is -0.125. The van der Waals surface area contributed by atoms with E-state index in [1.165, 1.54) is 12.0 Å². The summed E-state index contributed by atoms with van der Waals surface area (Å²) in [5.41, 5.74) is 0.334. The van der Waals surface area contributed by atoms with Gasteiger partial charge in [-0.1, -0.05) is 12.1 Å². The summed E-state index contributed by atoms with van der Waals surface area (Å²) in [5.74, 6) is -0.00440. The van der Waals surface area contributed by atoms with Gasteiger partial charge in [0.15, 0.2) is 0 Å². The second-order valence-electron chi connectivity index (χ2n) is 4.18. The highest BCUT2D eigenvalue weighted by atomic mass is 32.2. The van der Waals surface area contributed by atoms with Crippen LogP contribution in [0.25, 0.3) is 0 Å². The molecule has 1 aliphatic rings. The lowest BCUT2D eigenvalue weighted by Gasteiger charge is -2.26. The Morgan fingerprint density at radius 2 is 2.13 bits per heavy atom. The van der Waals surface area contributed by atoms with Crippen LogP contribution < -0.4 is 5.32 Å². The molecule has 80 valence electrons. The number of carbonyl (C=O) groups is 1. The van der Waals surface area contributed by atoms with Crippen molar-refractivity contribution in [3.8, 4) is 0 Å². The zero-order chi connectivity index (χ0) is 10.9. The summed E-state index contributed by atoms with van der Waals surface area (Å²) in [6.45, 7) is 4.16. The van der Waals surface area contributed by atoms with Crippen LogP contribution in [0.3, 0.4) is 0 Å². The van der Waals surface area contributed by atoms with E-state index in [1.807, 2.05) is 38.1 Å². The Bertz CT molecular complexity index is 390. The lowest BCUT2D eigenvalue weighted by atomic mass is 9.93. The van der Waals surface area contributed by atoms with E-state index in [9.17, 15) is 4.79 Å². The minimum atomic E-state index is -0.486. The molecule has 1 N–H and O–H groups in total. The molecule has 0 saturated heterocycles. The molecule has 4 heteroatoms. The van der Waals surface area contributed by atoms with Crippen LogP contribution in [0.5, 0.6) is 0 Å². The van der Waals surface area contributed by atoms with Crippen LogP contribution in [-0.2, 0) is 8.98 Å². The summed E-state index contributed by atoms with van der Waals surface area (Å²) in [5, 5.41) is 2.91. The topological polar surface area (TPSA) is 38.3 Å². The fourth-order valence-electron chi connectivity index (χ4n) is 1.24. The van der Waals surface area contributed by atoms with Crippen LogP contribution in [0.1, 0.15) is 13.8 Å². The van der Waals surface area contributed by atoms with Crippen molar-refractivity contribution in [2.24, 2.45) is 5.41 Å². The molecule has 0 radical (unpaired) electrons. The molecule has 0 fully saturated rings. The number of carbonyl (C=O) groups excluding carboxylic acids is 1. The zero-order valence-electron chi connectivity index (χ0n) is 8.74. The third kappa shape index (κ3) is 2.16. The molecule has 0 atom stereocenters. The molecule has 3 nitrogen and oxygen atoms in total. The molecular formula is C11H13NO2S. The van der Waals surface area contributed by atoms with Crippen molar-refractivity contribution in [2.75, 3.05) is 11.9 Å². The van der Waals surface area contributed by atoms with Gasteiger partial charge in [-0.15, -0.1) is 0 Å². The smallest absolute Gasteiger partial charge is 0.232 e. The number of amides is 1. The van der Waals surface area contributed by atoms with E-state index in [4.69, 9.17) is 4.18 Å². The molecular weight excluding hydrogens is 210 g/mol. The molecule has 0 aliphatic carbocycles. The van der Waals surface area contributed by atoms with Gasteiger partial charge in [0.1, 0.15) is 0 Å². The highest BCUT2D eigenvalue weighted by Crippen LogP contribution is 2.33. The molecule has 2 rings (SSSR count). The Hall–Kier alpha value is -1.00. The Labute approximate surface area is 93.4 Å². The van der Waals surface area contributed by atoms with Crippen LogP contribution in [0.15, 0.2) is 29.2 Å². The van der Waals surface area contributed by atoms with E-state index in [-0.39, 0.29) is 5.91 Å². The molecule has 1 aliphatic heterocycles. The van der Waals surface area contributed by atoms with Gasteiger partial charge in [-0.25, -0.2) is 0 Å². The summed E-state index contributed by atoms with van der Waals surface area (Å²) in [4.78, 5) is 12.8. The quantitative estimate of drug-likeness (QED) is 0.687. The Morgan fingerprint density at radius 3 is 2.93 bits per heavy atom. The van der Waals surface area contributed by atoms with Gasteiger partial charge < -0.3 is 9.50 Å². The number of benzene rings is 1. The molecule has 0 saturated carbocycles. The fourth-order valence-corrected chi connectivity index (χ4v) is 2.06. The maximum absolute atomic E-state index is 11.9. The minimum absolute atomic E-state index is 0.00440. The number of anilines is 1. The van der Waals surface area contributed by atoms with Crippen LogP contribution in [-0.4, -0.2) is 12.5 Å². The molecule has 0 bridgehead atoms. The summed E-state index contributed by atoms with van der Waals surface area (Å²) in [6, 6.07) is 7.63. The maximum atomic E-state index is 11.9. The highest BCUT2D eigenvalue weighted by Gasteiger charge is 2.30. The number of fused-ring (bicyclic) bond motifs is 1. The number of nitrogens with one attached hydrogen (secondary N) is 1. The SMILES string of the molecule is CC1(C)COSc2ccccc2NC1=O. The first kappa shape index (κ1) is 10.5. The molecule has 0 unspecified atom stereocenters. The summed E-state index contributed by atoms with van der Waals surface area (Å²) in [6.07, 6.45) is 0. The van der Waals surface area contributed by atoms with Gasteiger partial charge in [0.25, 0.3) is 0 Å². The first-order valence-electron chi connectivity index (χ1n) is 4.79. The van der Waals surface area contributed by atoms with E-state index in [1.54, 1.807) is 0 Å². The van der Waals surface area contributed by atoms with E-state index in [0.29, 0.717) is 6.61 Å². The van der Waals surface area contributed by atoms with E-state index < -0.39 is 5.41 Å². The second-order valence-corrected chi connectivity index (χ2v) is 5.02. The molecule has 15 heavy (non-hydrogen) atoms. The van der Waals surface area contributed by atoms with Crippen molar-refractivity contribution in [3.63, 3.8) is 0 Å². The highest BCUT2D eigenvalue weighted by molar-refractivity contribution is 7.94. The fraction of sp³-hybridized carbons (Fsp3) is 0.364. The molecule has 1 aromatic carbocycles. The number of rotatable bonds is 0. The average Bonchev–Trinajstić information content (AvgIpc) is 2.18. The largest absolute Gasteiger partial charge is 0.324 e. The van der Waals surface area contributed by atoms with Crippen molar-refractivity contribution in [1.29, 1.82) is 0 Å². The standard InChI is InChI=1S/C11H13NO2S/c1-11(2)7-14-15-9-6-4-3-5-8(9)12-10(11)13/h3-6H,7H2,1-2H3,(H,12,13). The van der Waals surface area contributed by atoms with Gasteiger partial charge in [0.05, 0.1) is 22.6 Å². The predicted octanol–water partition coefficient (Wildman–Crippen LogP) is 2.69. The molecule has 1 heterocycles. The Balaban J connectivity index is 2.33. The van der Waals surface area contributed by atoms with E-state index in [0.717, 1.165) is 10.6 Å². The van der Waals surface area contributed by atoms with Crippen molar-refractivity contribution in [3.05, 3.63) is 24.3 Å². The van der Waals surface area contributed by atoms with Crippen molar-refractivity contribution in [1.82, 2.24) is 0 Å². The Kier molecular flexibility index (Phi) is 2.71. The monoisotopic (exact) mass is 223 g/mol. The maximum Gasteiger partial charge on any atom is 0.232 e. The average molecular weight is 223 g/mol. The number of hydrogen-bond acceptors (Lipinski definition) is 3. The normalized spacial score (nSPS) is 19.7. The molecule has 1 amide bonds. The van der Waals surface area contributed by atoms with Crippen molar-refractivity contribution >= 4 is 23.6 Å². The minimum Gasteiger partial charge on any atom is -0.324 e. The summed E-state index contributed by atoms with van der Waals surface area (Å²) < 4.78 is 5.44. The van der Waals surface area contributed by atoms with Crippen LogP contribution in [0.2, 0.25) is 0 Å². The lowest BCUT2D eigenvalue weighted by Crippen LogP contribution is -2.35. The van der Waals surface area contributed by atoms with E-state index in [2.05, 4.69) is 5.32 Å². The van der Waals surface area contributed by atoms with Gasteiger partial charge in [-0.2, -0.15) is 0 Å². The van der Waals surface area contributed by atoms with Gasteiger partial charge in [-0.05, 0) is 26.0 Å². The molecule has 1 aromatic rings. The van der Waals surface area contributed by atoms with Crippen molar-refractivity contribution in [2.45, 2.75) is 18.7 Å². The third-order valence-corrected chi connectivity index (χ3v) is 3.09. The van der Waals surface area contributed by atoms with Crippen LogP contribution in [0.4, 0.5) is 5.69 Å². The van der Waals surface area contributed by atoms with Crippen LogP contribution >= 0.6 is 12.0 Å². The van der Waals surface area contributed by atoms with Crippen molar-refractivity contribution < 1.29 is 8.98 Å². The summed E-state index contributed by atoms with van der Waals surface area (Å²) in [7, 11) is 0. The second kappa shape index (κ2) is 3.87. The third-order valence-electron chi connectivity index (χ3n) is 2.32. The zero-order valence-corrected chi connectivity index (χ0v) is 9.56. The van der Waals surface area contributed by atoms with E-state index >= 15 is 0 Å². The predicted molar refractivity (Wildman–Crippen MR) is 60.7 cm³/mol. The molecule has 0 aromatic heterocycles. The van der Waals surface area contributed by atoms with Gasteiger partial charge in [-0.3, -0.25) is 4.79 Å². The Morgan fingerprint density at radius 1 is 1.40 bits per heavy atom.